The summed E-state index contributed by atoms with van der Waals surface area (Å²) in [6.45, 7) is 0. The molecule has 0 fully saturated rings. The number of rotatable bonds is 2. The lowest BCUT2D eigenvalue weighted by atomic mass is 9.92. The maximum absolute atomic E-state index is 14.3. The third kappa shape index (κ3) is 4.06. The van der Waals surface area contributed by atoms with Crippen molar-refractivity contribution in [2.75, 3.05) is 0 Å². The van der Waals surface area contributed by atoms with Gasteiger partial charge < -0.3 is 4.74 Å². The zero-order valence-corrected chi connectivity index (χ0v) is 21.1. The van der Waals surface area contributed by atoms with Gasteiger partial charge in [-0.15, -0.1) is 13.2 Å². The summed E-state index contributed by atoms with van der Waals surface area (Å²) in [7, 11) is 0. The Morgan fingerprint density at radius 2 is 0.976 bits per heavy atom. The fourth-order valence-electron chi connectivity index (χ4n) is 5.53. The van der Waals surface area contributed by atoms with E-state index in [1.54, 1.807) is 30.3 Å². The number of halogens is 4. The second-order valence-electron chi connectivity index (χ2n) is 9.41. The number of nitriles is 4. The number of alkyl halides is 3. The number of allylic oxidation sites excluding steroid dienone is 2. The van der Waals surface area contributed by atoms with E-state index in [0.29, 0.717) is 61.2 Å². The van der Waals surface area contributed by atoms with Crippen LogP contribution in [0, 0.1) is 51.1 Å². The lowest BCUT2D eigenvalue weighted by Gasteiger charge is -2.10. The molecule has 4 aromatic rings. The molecule has 2 aliphatic carbocycles. The molecule has 6 rings (SSSR count). The predicted molar refractivity (Wildman–Crippen MR) is 144 cm³/mol. The first-order valence-electron chi connectivity index (χ1n) is 12.3. The standard InChI is InChI=1S/C33H12F4N4O/c34-21-4-8-24-26-11-25-23-7-3-18(17-1-5-22(6-2-17)42-33(35,36)37)9-27(23)31(19(13-38)14-39)29(25)12-30(26)32(28(24)10-21)20(15-40)16-41/h1-12H. The highest BCUT2D eigenvalue weighted by Crippen LogP contribution is 2.53. The lowest BCUT2D eigenvalue weighted by molar-refractivity contribution is -0.274. The van der Waals surface area contributed by atoms with Gasteiger partial charge in [0.15, 0.2) is 0 Å². The smallest absolute Gasteiger partial charge is 0.406 e. The van der Waals surface area contributed by atoms with Crippen LogP contribution in [0.5, 0.6) is 5.75 Å². The normalized spacial score (nSPS) is 12.1. The van der Waals surface area contributed by atoms with Crippen molar-refractivity contribution in [3.05, 3.63) is 112 Å². The van der Waals surface area contributed by atoms with Crippen molar-refractivity contribution in [2.45, 2.75) is 6.36 Å². The molecule has 198 valence electrons. The SMILES string of the molecule is N#CC(C#N)=C1c2cc(F)ccc2-c2cc3c(cc21)C(=C(C#N)C#N)c1cc(-c2ccc(OC(F)(F)F)cc2)ccc1-3. The fraction of sp³-hybridized carbons (Fsp3) is 0.0303. The Bertz CT molecular complexity index is 2060. The van der Waals surface area contributed by atoms with E-state index in [1.807, 2.05) is 30.3 Å². The van der Waals surface area contributed by atoms with Crippen LogP contribution in [0.15, 0.2) is 83.9 Å². The molecule has 2 aliphatic rings. The summed E-state index contributed by atoms with van der Waals surface area (Å²) in [6.07, 6.45) is -4.82. The zero-order chi connectivity index (χ0) is 29.8. The third-order valence-electron chi connectivity index (χ3n) is 7.19. The van der Waals surface area contributed by atoms with Crippen LogP contribution in [0.4, 0.5) is 17.6 Å². The Kier molecular flexibility index (Phi) is 5.89. The molecule has 0 bridgehead atoms. The first kappa shape index (κ1) is 26.1. The molecule has 0 atom stereocenters. The molecule has 0 saturated carbocycles. The average molecular weight is 556 g/mol. The van der Waals surface area contributed by atoms with Crippen LogP contribution >= 0.6 is 0 Å². The van der Waals surface area contributed by atoms with Gasteiger partial charge in [-0.25, -0.2) is 4.39 Å². The van der Waals surface area contributed by atoms with Gasteiger partial charge in [0.2, 0.25) is 0 Å². The molecule has 5 nitrogen and oxygen atoms in total. The van der Waals surface area contributed by atoms with Crippen molar-refractivity contribution in [1.82, 2.24) is 0 Å². The van der Waals surface area contributed by atoms with Crippen LogP contribution in [-0.2, 0) is 0 Å². The molecular formula is C33H12F4N4O. The topological polar surface area (TPSA) is 104 Å². The highest BCUT2D eigenvalue weighted by molar-refractivity contribution is 6.11. The Morgan fingerprint density at radius 1 is 0.524 bits per heavy atom. The summed E-state index contributed by atoms with van der Waals surface area (Å²) in [5.41, 5.74) is 6.08. The Labute approximate surface area is 236 Å². The molecule has 0 amide bonds. The van der Waals surface area contributed by atoms with E-state index in [0.717, 1.165) is 0 Å². The number of hydrogen-bond acceptors (Lipinski definition) is 5. The highest BCUT2D eigenvalue weighted by Gasteiger charge is 2.34. The molecule has 0 heterocycles. The Morgan fingerprint density at radius 3 is 1.50 bits per heavy atom. The van der Waals surface area contributed by atoms with Gasteiger partial charge in [0.25, 0.3) is 0 Å². The molecule has 0 radical (unpaired) electrons. The van der Waals surface area contributed by atoms with E-state index in [4.69, 9.17) is 0 Å². The Hall–Kier alpha value is -6.16. The molecule has 0 N–H and O–H groups in total. The van der Waals surface area contributed by atoms with Gasteiger partial charge in [-0.2, -0.15) is 21.0 Å². The van der Waals surface area contributed by atoms with Gasteiger partial charge in [0.05, 0.1) is 0 Å². The molecule has 0 aliphatic heterocycles. The molecule has 0 saturated heterocycles. The van der Waals surface area contributed by atoms with E-state index in [9.17, 15) is 38.6 Å². The van der Waals surface area contributed by atoms with Gasteiger partial charge in [0.1, 0.15) is 47.0 Å². The minimum Gasteiger partial charge on any atom is -0.406 e. The molecule has 0 unspecified atom stereocenters. The van der Waals surface area contributed by atoms with E-state index in [2.05, 4.69) is 4.74 Å². The van der Waals surface area contributed by atoms with Gasteiger partial charge in [-0.3, -0.25) is 0 Å². The number of hydrogen-bond donors (Lipinski definition) is 0. The number of ether oxygens (including phenoxy) is 1. The molecular weight excluding hydrogens is 544 g/mol. The first-order valence-corrected chi connectivity index (χ1v) is 12.3. The maximum Gasteiger partial charge on any atom is 0.573 e. The van der Waals surface area contributed by atoms with Crippen LogP contribution < -0.4 is 4.74 Å². The van der Waals surface area contributed by atoms with Crippen molar-refractivity contribution in [3.63, 3.8) is 0 Å². The molecule has 0 aromatic heterocycles. The summed E-state index contributed by atoms with van der Waals surface area (Å²) >= 11 is 0. The van der Waals surface area contributed by atoms with E-state index in [1.165, 1.54) is 36.4 Å². The fourth-order valence-corrected chi connectivity index (χ4v) is 5.53. The maximum atomic E-state index is 14.3. The van der Waals surface area contributed by atoms with Gasteiger partial charge in [0, 0.05) is 11.1 Å². The number of fused-ring (bicyclic) bond motifs is 6. The van der Waals surface area contributed by atoms with Crippen LogP contribution in [0.1, 0.15) is 22.3 Å². The molecule has 9 heteroatoms. The first-order chi connectivity index (χ1) is 20.2. The van der Waals surface area contributed by atoms with Crippen LogP contribution in [0.2, 0.25) is 0 Å². The number of benzene rings is 4. The zero-order valence-electron chi connectivity index (χ0n) is 21.1. The van der Waals surface area contributed by atoms with Crippen molar-refractivity contribution in [3.8, 4) is 63.4 Å². The largest absolute Gasteiger partial charge is 0.573 e. The van der Waals surface area contributed by atoms with Crippen molar-refractivity contribution < 1.29 is 22.3 Å². The Balaban J connectivity index is 1.57. The van der Waals surface area contributed by atoms with Crippen molar-refractivity contribution in [2.24, 2.45) is 0 Å². The van der Waals surface area contributed by atoms with Crippen molar-refractivity contribution >= 4 is 11.1 Å². The second kappa shape index (κ2) is 9.49. The van der Waals surface area contributed by atoms with Gasteiger partial charge >= 0.3 is 6.36 Å². The highest BCUT2D eigenvalue weighted by atomic mass is 19.4. The summed E-state index contributed by atoms with van der Waals surface area (Å²) in [6, 6.07) is 26.0. The van der Waals surface area contributed by atoms with Crippen LogP contribution in [0.3, 0.4) is 0 Å². The number of nitrogens with zero attached hydrogens (tertiary/aromatic N) is 4. The molecule has 4 aromatic carbocycles. The third-order valence-corrected chi connectivity index (χ3v) is 7.19. The second-order valence-corrected chi connectivity index (χ2v) is 9.41. The predicted octanol–water partition coefficient (Wildman–Crippen LogP) is 8.05. The monoisotopic (exact) mass is 556 g/mol. The van der Waals surface area contributed by atoms with Crippen LogP contribution in [0.25, 0.3) is 44.5 Å². The van der Waals surface area contributed by atoms with Gasteiger partial charge in [-0.05, 0) is 98.1 Å². The quantitative estimate of drug-likeness (QED) is 0.159. The summed E-state index contributed by atoms with van der Waals surface area (Å²) in [4.78, 5) is 0. The average Bonchev–Trinajstić information content (AvgIpc) is 3.44. The van der Waals surface area contributed by atoms with Crippen LogP contribution in [-0.4, -0.2) is 6.36 Å². The summed E-state index contributed by atoms with van der Waals surface area (Å²) in [5.74, 6) is -0.904. The minimum atomic E-state index is -4.82. The molecule has 0 spiro atoms. The summed E-state index contributed by atoms with van der Waals surface area (Å²) in [5, 5.41) is 39.1. The molecule has 42 heavy (non-hydrogen) atoms. The van der Waals surface area contributed by atoms with Crippen molar-refractivity contribution in [1.29, 1.82) is 21.0 Å². The lowest BCUT2D eigenvalue weighted by Crippen LogP contribution is -2.16. The van der Waals surface area contributed by atoms with E-state index < -0.39 is 12.2 Å². The van der Waals surface area contributed by atoms with E-state index >= 15 is 0 Å². The summed E-state index contributed by atoms with van der Waals surface area (Å²) < 4.78 is 56.0. The van der Waals surface area contributed by atoms with Gasteiger partial charge in [-0.1, -0.05) is 30.3 Å². The minimum absolute atomic E-state index is 0.172. The van der Waals surface area contributed by atoms with E-state index in [-0.39, 0.29) is 22.5 Å².